The van der Waals surface area contributed by atoms with E-state index in [1.54, 1.807) is 28.4 Å². The van der Waals surface area contributed by atoms with E-state index < -0.39 is 29.9 Å². The van der Waals surface area contributed by atoms with Crippen molar-refractivity contribution < 1.29 is 23.8 Å². The average Bonchev–Trinajstić information content (AvgIpc) is 3.71. The summed E-state index contributed by atoms with van der Waals surface area (Å²) < 4.78 is 17.3. The van der Waals surface area contributed by atoms with Gasteiger partial charge >= 0.3 is 0 Å². The maximum Gasteiger partial charge on any atom is 0.251 e. The quantitative estimate of drug-likeness (QED) is 0.183. The lowest BCUT2D eigenvalue weighted by Crippen LogP contribution is -2.57. The molecular weight excluding hydrogens is 584 g/mol. The van der Waals surface area contributed by atoms with E-state index in [4.69, 9.17) is 24.7 Å². The van der Waals surface area contributed by atoms with Gasteiger partial charge in [0.15, 0.2) is 5.13 Å². The van der Waals surface area contributed by atoms with E-state index in [0.29, 0.717) is 5.56 Å². The van der Waals surface area contributed by atoms with E-state index in [2.05, 4.69) is 39.1 Å². The summed E-state index contributed by atoms with van der Waals surface area (Å²) in [5, 5.41) is 7.88. The number of hydrogen-bond donors (Lipinski definition) is 1. The van der Waals surface area contributed by atoms with Crippen LogP contribution in [0.1, 0.15) is 29.1 Å². The fourth-order valence-electron chi connectivity index (χ4n) is 6.32. The molecule has 13 nitrogen and oxygen atoms in total. The molecule has 2 aromatic rings. The number of anilines is 1. The predicted octanol–water partition coefficient (Wildman–Crippen LogP) is 3.15. The third-order valence-electron chi connectivity index (χ3n) is 9.10. The fraction of sp³-hybridized carbons (Fsp3) is 0.633. The first-order valence-electron chi connectivity index (χ1n) is 15.0. The molecule has 3 fully saturated rings. The lowest BCUT2D eigenvalue weighted by Gasteiger charge is -2.37. The first-order valence-corrected chi connectivity index (χ1v) is 15.8. The van der Waals surface area contributed by atoms with Crippen LogP contribution in [-0.4, -0.2) is 118 Å². The highest BCUT2D eigenvalue weighted by atomic mass is 32.1. The molecule has 3 aliphatic rings. The van der Waals surface area contributed by atoms with Crippen LogP contribution in [0.3, 0.4) is 0 Å². The Bertz CT molecular complexity index is 1380. The Morgan fingerprint density at radius 3 is 2.50 bits per heavy atom. The van der Waals surface area contributed by atoms with Gasteiger partial charge in [0.05, 0.1) is 23.8 Å². The number of fused-ring (bicyclic) bond motifs is 1. The number of carbonyl (C=O) groups is 2. The summed E-state index contributed by atoms with van der Waals surface area (Å²) in [4.78, 5) is 42.5. The molecule has 5 rings (SSSR count). The molecule has 0 aliphatic carbocycles. The number of rotatable bonds is 10. The number of piperazine rings is 1. The number of azide groups is 1. The van der Waals surface area contributed by atoms with Gasteiger partial charge < -0.3 is 34.2 Å². The van der Waals surface area contributed by atoms with Crippen LogP contribution in [0.2, 0.25) is 0 Å². The Hall–Kier alpha value is -3.26. The SMILES string of the molecule is COC1(OC)COC2C(N=[N+]=[N-])CN(C(=O)C(CNC(=O)c3ccc(-c4nc(N5CCN(C)CC5)sc4C)cc3)C(C)C)C21. The minimum absolute atomic E-state index is 0.0777. The monoisotopic (exact) mass is 626 g/mol. The molecule has 1 aromatic carbocycles. The van der Waals surface area contributed by atoms with Crippen LogP contribution in [0.5, 0.6) is 0 Å². The average molecular weight is 627 g/mol. The maximum absolute atomic E-state index is 14.0. The Kier molecular flexibility index (Phi) is 9.78. The highest BCUT2D eigenvalue weighted by Gasteiger charge is 2.61. The Morgan fingerprint density at radius 2 is 1.89 bits per heavy atom. The smallest absolute Gasteiger partial charge is 0.251 e. The minimum Gasteiger partial charge on any atom is -0.370 e. The Labute approximate surface area is 262 Å². The van der Waals surface area contributed by atoms with Gasteiger partial charge in [0.25, 0.3) is 5.91 Å². The van der Waals surface area contributed by atoms with Gasteiger partial charge in [-0.2, -0.15) is 0 Å². The predicted molar refractivity (Wildman–Crippen MR) is 168 cm³/mol. The molecule has 0 bridgehead atoms. The lowest BCUT2D eigenvalue weighted by molar-refractivity contribution is -0.227. The number of benzene rings is 1. The van der Waals surface area contributed by atoms with Crippen LogP contribution in [0.25, 0.3) is 21.7 Å². The van der Waals surface area contributed by atoms with Crippen LogP contribution in [0, 0.1) is 18.8 Å². The van der Waals surface area contributed by atoms with Crippen LogP contribution >= 0.6 is 11.3 Å². The van der Waals surface area contributed by atoms with Crippen molar-refractivity contribution in [2.45, 2.75) is 44.7 Å². The zero-order valence-corrected chi connectivity index (χ0v) is 27.0. The molecule has 0 spiro atoms. The molecular formula is C30H42N8O5S. The molecule has 4 atom stereocenters. The molecule has 1 aromatic heterocycles. The molecule has 0 saturated carbocycles. The second kappa shape index (κ2) is 13.4. The fourth-order valence-corrected chi connectivity index (χ4v) is 7.30. The second-order valence-corrected chi connectivity index (χ2v) is 13.2. The van der Waals surface area contributed by atoms with E-state index in [-0.39, 0.29) is 37.4 Å². The van der Waals surface area contributed by atoms with E-state index >= 15 is 0 Å². The van der Waals surface area contributed by atoms with Crippen molar-refractivity contribution in [3.63, 3.8) is 0 Å². The molecule has 0 radical (unpaired) electrons. The summed E-state index contributed by atoms with van der Waals surface area (Å²) in [5.41, 5.74) is 11.5. The number of amides is 2. The molecule has 4 heterocycles. The van der Waals surface area contributed by atoms with Gasteiger partial charge in [-0.25, -0.2) is 4.98 Å². The Morgan fingerprint density at radius 1 is 1.20 bits per heavy atom. The van der Waals surface area contributed by atoms with Crippen molar-refractivity contribution in [3.8, 4) is 11.3 Å². The number of nitrogens with one attached hydrogen (secondary N) is 1. The Balaban J connectivity index is 1.26. The summed E-state index contributed by atoms with van der Waals surface area (Å²) >= 11 is 1.70. The van der Waals surface area contributed by atoms with Crippen molar-refractivity contribution in [2.24, 2.45) is 17.0 Å². The zero-order valence-electron chi connectivity index (χ0n) is 26.2. The number of likely N-dealkylation sites (tertiary alicyclic amines) is 1. The van der Waals surface area contributed by atoms with Crippen molar-refractivity contribution in [1.82, 2.24) is 20.1 Å². The van der Waals surface area contributed by atoms with Crippen LogP contribution in [0.4, 0.5) is 5.13 Å². The molecule has 14 heteroatoms. The highest BCUT2D eigenvalue weighted by Crippen LogP contribution is 2.41. The minimum atomic E-state index is -1.17. The first kappa shape index (κ1) is 32.1. The van der Waals surface area contributed by atoms with Crippen LogP contribution < -0.4 is 10.2 Å². The number of nitrogens with zero attached hydrogens (tertiary/aromatic N) is 7. The van der Waals surface area contributed by atoms with Crippen molar-refractivity contribution in [3.05, 3.63) is 45.1 Å². The number of ether oxygens (including phenoxy) is 3. The number of carbonyl (C=O) groups excluding carboxylic acids is 2. The standard InChI is InChI=1S/C30H42N8O5S/c1-18(2)22(28(40)38-16-23(34-35-31)25-26(38)30(41-5,42-6)17-43-25)15-32-27(39)21-9-7-20(8-10-21)24-19(3)44-29(33-24)37-13-11-36(4)12-14-37/h7-10,18,22-23,25-26H,11-17H2,1-6H3,(H,32,39). The topological polar surface area (TPSA) is 145 Å². The van der Waals surface area contributed by atoms with Gasteiger partial charge in [-0.1, -0.05) is 31.1 Å². The molecule has 44 heavy (non-hydrogen) atoms. The summed E-state index contributed by atoms with van der Waals surface area (Å²) in [6.07, 6.45) is -0.547. The summed E-state index contributed by atoms with van der Waals surface area (Å²) in [6.45, 7) is 10.4. The number of thiazole rings is 1. The summed E-state index contributed by atoms with van der Waals surface area (Å²) in [5.74, 6) is -2.22. The summed E-state index contributed by atoms with van der Waals surface area (Å²) in [7, 11) is 5.15. The van der Waals surface area contributed by atoms with Crippen molar-refractivity contribution in [2.75, 3.05) is 72.0 Å². The van der Waals surface area contributed by atoms with Crippen molar-refractivity contribution in [1.29, 1.82) is 0 Å². The number of methoxy groups -OCH3 is 2. The highest BCUT2D eigenvalue weighted by molar-refractivity contribution is 7.16. The van der Waals surface area contributed by atoms with E-state index in [1.807, 2.05) is 26.0 Å². The zero-order chi connectivity index (χ0) is 31.6. The lowest BCUT2D eigenvalue weighted by atomic mass is 9.93. The normalized spacial score (nSPS) is 23.8. The van der Waals surface area contributed by atoms with Gasteiger partial charge in [0.1, 0.15) is 12.6 Å². The van der Waals surface area contributed by atoms with Crippen molar-refractivity contribution >= 4 is 28.3 Å². The number of likely N-dealkylation sites (N-methyl/N-ethyl adjacent to an activating group) is 1. The maximum atomic E-state index is 14.0. The first-order chi connectivity index (χ1) is 21.1. The van der Waals surface area contributed by atoms with Gasteiger partial charge in [-0.15, -0.1) is 11.3 Å². The molecule has 2 amide bonds. The van der Waals surface area contributed by atoms with E-state index in [0.717, 1.165) is 47.4 Å². The molecule has 1 N–H and O–H groups in total. The second-order valence-electron chi connectivity index (χ2n) is 12.0. The third kappa shape index (κ3) is 6.15. The molecule has 3 aliphatic heterocycles. The van der Waals surface area contributed by atoms with E-state index in [9.17, 15) is 9.59 Å². The van der Waals surface area contributed by atoms with Crippen LogP contribution in [-0.2, 0) is 19.0 Å². The van der Waals surface area contributed by atoms with E-state index in [1.165, 1.54) is 14.2 Å². The third-order valence-corrected chi connectivity index (χ3v) is 10.1. The molecule has 4 unspecified atom stereocenters. The molecule has 3 saturated heterocycles. The number of aromatic nitrogens is 1. The number of aryl methyl sites for hydroxylation is 1. The van der Waals surface area contributed by atoms with Crippen LogP contribution in [0.15, 0.2) is 29.4 Å². The van der Waals surface area contributed by atoms with Gasteiger partial charge in [0.2, 0.25) is 11.7 Å². The summed E-state index contributed by atoms with van der Waals surface area (Å²) in [6, 6.07) is 6.28. The van der Waals surface area contributed by atoms with Gasteiger partial charge in [-0.05, 0) is 37.6 Å². The van der Waals surface area contributed by atoms with Gasteiger partial charge in [0, 0.05) is 74.4 Å². The molecule has 238 valence electrons. The number of hydrogen-bond acceptors (Lipinski definition) is 10. The largest absolute Gasteiger partial charge is 0.370 e. The van der Waals surface area contributed by atoms with Gasteiger partial charge in [-0.3, -0.25) is 9.59 Å².